The molecule has 0 radical (unpaired) electrons. The summed E-state index contributed by atoms with van der Waals surface area (Å²) in [5.41, 5.74) is 3.26. The fraction of sp³-hybridized carbons (Fsp3) is 0.316. The van der Waals surface area contributed by atoms with Crippen molar-refractivity contribution in [3.8, 4) is 16.3 Å². The van der Waals surface area contributed by atoms with Gasteiger partial charge in [0.15, 0.2) is 0 Å². The summed E-state index contributed by atoms with van der Waals surface area (Å²) in [5.74, 6) is 0.771. The van der Waals surface area contributed by atoms with Crippen LogP contribution in [0, 0.1) is 0 Å². The van der Waals surface area contributed by atoms with Crippen molar-refractivity contribution in [2.24, 2.45) is 0 Å². The molecule has 1 heterocycles. The smallest absolute Gasteiger partial charge is 0.124 e. The van der Waals surface area contributed by atoms with Gasteiger partial charge in [0.25, 0.3) is 0 Å². The highest BCUT2D eigenvalue weighted by atomic mass is 32.1. The van der Waals surface area contributed by atoms with Gasteiger partial charge in [-0.25, -0.2) is 4.98 Å². The molecule has 1 atom stereocenters. The third kappa shape index (κ3) is 3.68. The molecule has 5 heteroatoms. The fourth-order valence-corrected chi connectivity index (χ4v) is 3.33. The summed E-state index contributed by atoms with van der Waals surface area (Å²) in [6, 6.07) is 14.3. The summed E-state index contributed by atoms with van der Waals surface area (Å²) in [4.78, 5) is 6.79. The number of thiazole rings is 1. The van der Waals surface area contributed by atoms with E-state index in [-0.39, 0.29) is 0 Å². The molecule has 0 aliphatic carbocycles. The average Bonchev–Trinajstić information content (AvgIpc) is 3.03. The second-order valence-corrected chi connectivity index (χ2v) is 6.99. The van der Waals surface area contributed by atoms with Gasteiger partial charge < -0.3 is 14.7 Å². The van der Waals surface area contributed by atoms with Crippen molar-refractivity contribution in [2.45, 2.75) is 19.4 Å². The molecule has 3 aromatic rings. The Morgan fingerprint density at radius 3 is 2.58 bits per heavy atom. The summed E-state index contributed by atoms with van der Waals surface area (Å²) in [6.07, 6.45) is 0.267. The van der Waals surface area contributed by atoms with E-state index in [2.05, 4.69) is 29.2 Å². The fourth-order valence-electron chi connectivity index (χ4n) is 2.33. The zero-order valence-electron chi connectivity index (χ0n) is 14.2. The van der Waals surface area contributed by atoms with Gasteiger partial charge in [-0.15, -0.1) is 11.3 Å². The van der Waals surface area contributed by atoms with E-state index in [1.54, 1.807) is 11.3 Å². The van der Waals surface area contributed by atoms with Crippen LogP contribution in [-0.2, 0) is 0 Å². The van der Waals surface area contributed by atoms with Gasteiger partial charge in [0.1, 0.15) is 17.4 Å². The summed E-state index contributed by atoms with van der Waals surface area (Å²) < 4.78 is 6.74. The minimum atomic E-state index is -0.423. The van der Waals surface area contributed by atoms with Crippen LogP contribution in [0.5, 0.6) is 5.75 Å². The third-order valence-corrected chi connectivity index (χ3v) is 4.97. The number of nitrogens with zero attached hydrogens (tertiary/aromatic N) is 2. The highest BCUT2D eigenvalue weighted by Crippen LogP contribution is 2.33. The Morgan fingerprint density at radius 2 is 1.92 bits per heavy atom. The van der Waals surface area contributed by atoms with Gasteiger partial charge >= 0.3 is 0 Å². The van der Waals surface area contributed by atoms with E-state index < -0.39 is 6.10 Å². The molecule has 0 saturated carbocycles. The molecule has 0 aliphatic rings. The third-order valence-electron chi connectivity index (χ3n) is 3.90. The van der Waals surface area contributed by atoms with Crippen LogP contribution in [0.3, 0.4) is 0 Å². The lowest BCUT2D eigenvalue weighted by atomic mass is 10.2. The molecule has 1 aromatic heterocycles. The second kappa shape index (κ2) is 7.20. The predicted octanol–water partition coefficient (Wildman–Crippen LogP) is 4.18. The first-order valence-electron chi connectivity index (χ1n) is 8.06. The molecule has 0 unspecified atom stereocenters. The van der Waals surface area contributed by atoms with Gasteiger partial charge in [-0.2, -0.15) is 0 Å². The minimum Gasteiger partial charge on any atom is -0.491 e. The van der Waals surface area contributed by atoms with Gasteiger partial charge in [-0.3, -0.25) is 0 Å². The zero-order valence-corrected chi connectivity index (χ0v) is 15.0. The van der Waals surface area contributed by atoms with E-state index >= 15 is 0 Å². The SMILES string of the molecule is CC[C@@H](O)COc1ccc2nc(-c3ccc(N(C)C)cc3)sc2c1. The Kier molecular flexibility index (Phi) is 5.02. The molecule has 4 nitrogen and oxygen atoms in total. The van der Waals surface area contributed by atoms with Crippen LogP contribution in [-0.4, -0.2) is 36.9 Å². The van der Waals surface area contributed by atoms with Crippen molar-refractivity contribution >= 4 is 27.2 Å². The van der Waals surface area contributed by atoms with Crippen molar-refractivity contribution < 1.29 is 9.84 Å². The molecule has 0 saturated heterocycles. The molecule has 1 N–H and O–H groups in total. The van der Waals surface area contributed by atoms with E-state index in [0.29, 0.717) is 13.0 Å². The van der Waals surface area contributed by atoms with Crippen LogP contribution in [0.25, 0.3) is 20.8 Å². The van der Waals surface area contributed by atoms with Crippen molar-refractivity contribution in [2.75, 3.05) is 25.6 Å². The Labute approximate surface area is 146 Å². The molecule has 0 amide bonds. The molecular weight excluding hydrogens is 320 g/mol. The number of aliphatic hydroxyl groups is 1. The lowest BCUT2D eigenvalue weighted by Gasteiger charge is -2.11. The van der Waals surface area contributed by atoms with Crippen LogP contribution in [0.15, 0.2) is 42.5 Å². The number of rotatable bonds is 6. The lowest BCUT2D eigenvalue weighted by Crippen LogP contribution is -2.15. The first-order valence-corrected chi connectivity index (χ1v) is 8.87. The van der Waals surface area contributed by atoms with Gasteiger partial charge in [0, 0.05) is 25.3 Å². The summed E-state index contributed by atoms with van der Waals surface area (Å²) >= 11 is 1.65. The largest absolute Gasteiger partial charge is 0.491 e. The van der Waals surface area contributed by atoms with Crippen LogP contribution >= 0.6 is 11.3 Å². The van der Waals surface area contributed by atoms with Crippen LogP contribution < -0.4 is 9.64 Å². The number of ether oxygens (including phenoxy) is 1. The maximum Gasteiger partial charge on any atom is 0.124 e. The van der Waals surface area contributed by atoms with Crippen molar-refractivity contribution in [1.82, 2.24) is 4.98 Å². The molecule has 24 heavy (non-hydrogen) atoms. The van der Waals surface area contributed by atoms with Gasteiger partial charge in [0.2, 0.25) is 0 Å². The molecule has 0 spiro atoms. The normalized spacial score (nSPS) is 12.3. The number of aromatic nitrogens is 1. The topological polar surface area (TPSA) is 45.6 Å². The van der Waals surface area contributed by atoms with E-state index in [4.69, 9.17) is 9.72 Å². The van der Waals surface area contributed by atoms with E-state index in [1.807, 2.05) is 39.2 Å². The molecule has 3 rings (SSSR count). The zero-order chi connectivity index (χ0) is 17.1. The second-order valence-electron chi connectivity index (χ2n) is 5.96. The molecule has 0 aliphatic heterocycles. The van der Waals surface area contributed by atoms with Crippen molar-refractivity contribution in [1.29, 1.82) is 0 Å². The Balaban J connectivity index is 1.83. The maximum absolute atomic E-state index is 9.61. The highest BCUT2D eigenvalue weighted by molar-refractivity contribution is 7.21. The standard InChI is InChI=1S/C19H22N2O2S/c1-4-15(22)12-23-16-9-10-17-18(11-16)24-19(20-17)13-5-7-14(8-6-13)21(2)3/h5-11,15,22H,4,12H2,1-3H3/t15-/m1/s1. The van der Waals surface area contributed by atoms with Crippen molar-refractivity contribution in [3.63, 3.8) is 0 Å². The van der Waals surface area contributed by atoms with Gasteiger partial charge in [0.05, 0.1) is 16.3 Å². The van der Waals surface area contributed by atoms with Crippen molar-refractivity contribution in [3.05, 3.63) is 42.5 Å². The molecule has 0 fully saturated rings. The highest BCUT2D eigenvalue weighted by Gasteiger charge is 2.09. The van der Waals surface area contributed by atoms with Gasteiger partial charge in [-0.05, 0) is 48.9 Å². The molecule has 2 aromatic carbocycles. The molecule has 0 bridgehead atoms. The quantitative estimate of drug-likeness (QED) is 0.730. The van der Waals surface area contributed by atoms with Crippen LogP contribution in [0.4, 0.5) is 5.69 Å². The summed E-state index contributed by atoms with van der Waals surface area (Å²) in [7, 11) is 4.06. The molecule has 126 valence electrons. The number of aliphatic hydroxyl groups excluding tert-OH is 1. The number of benzene rings is 2. The predicted molar refractivity (Wildman–Crippen MR) is 101 cm³/mol. The first-order chi connectivity index (χ1) is 11.6. The average molecular weight is 342 g/mol. The van der Waals surface area contributed by atoms with E-state index in [0.717, 1.165) is 26.5 Å². The Hall–Kier alpha value is -2.11. The minimum absolute atomic E-state index is 0.319. The first kappa shape index (κ1) is 16.7. The Morgan fingerprint density at radius 1 is 1.17 bits per heavy atom. The number of hydrogen-bond donors (Lipinski definition) is 1. The number of fused-ring (bicyclic) bond motifs is 1. The summed E-state index contributed by atoms with van der Waals surface area (Å²) in [6.45, 7) is 2.26. The number of hydrogen-bond acceptors (Lipinski definition) is 5. The lowest BCUT2D eigenvalue weighted by molar-refractivity contribution is 0.104. The molecular formula is C19H22N2O2S. The van der Waals surface area contributed by atoms with Crippen LogP contribution in [0.2, 0.25) is 0 Å². The van der Waals surface area contributed by atoms with E-state index in [9.17, 15) is 5.11 Å². The number of anilines is 1. The van der Waals surface area contributed by atoms with E-state index in [1.165, 1.54) is 5.69 Å². The monoisotopic (exact) mass is 342 g/mol. The van der Waals surface area contributed by atoms with Crippen LogP contribution in [0.1, 0.15) is 13.3 Å². The Bertz CT molecular complexity index is 812. The summed E-state index contributed by atoms with van der Waals surface area (Å²) in [5, 5.41) is 10.6. The van der Waals surface area contributed by atoms with Gasteiger partial charge in [-0.1, -0.05) is 6.92 Å². The maximum atomic E-state index is 9.61.